The first-order valence-corrected chi connectivity index (χ1v) is 10.2. The minimum atomic E-state index is -0.250. The Balaban J connectivity index is 1.60. The van der Waals surface area contributed by atoms with Gasteiger partial charge in [-0.2, -0.15) is 0 Å². The zero-order chi connectivity index (χ0) is 20.5. The predicted octanol–water partition coefficient (Wildman–Crippen LogP) is 3.78. The van der Waals surface area contributed by atoms with Crippen LogP contribution in [0.25, 0.3) is 11.3 Å². The Kier molecular flexibility index (Phi) is 5.07. The Bertz CT molecular complexity index is 1270. The molecular weight excluding hydrogens is 384 g/mol. The van der Waals surface area contributed by atoms with Crippen LogP contribution in [0.4, 0.5) is 0 Å². The Morgan fingerprint density at radius 3 is 2.45 bits per heavy atom. The molecule has 0 N–H and O–H groups in total. The molecule has 0 amide bonds. The van der Waals surface area contributed by atoms with E-state index in [1.165, 1.54) is 17.3 Å². The monoisotopic (exact) mass is 404 g/mol. The minimum absolute atomic E-state index is 0.00947. The van der Waals surface area contributed by atoms with Gasteiger partial charge in [-0.15, -0.1) is 10.2 Å². The molecule has 2 aromatic carbocycles. The fraction of sp³-hybridized carbons (Fsp3) is 0.182. The Morgan fingerprint density at radius 2 is 1.72 bits per heavy atom. The molecule has 2 aromatic heterocycles. The van der Waals surface area contributed by atoms with Crippen molar-refractivity contribution in [2.24, 2.45) is 0 Å². The highest BCUT2D eigenvalue weighted by molar-refractivity contribution is 7.99. The highest BCUT2D eigenvalue weighted by atomic mass is 32.2. The van der Waals surface area contributed by atoms with Crippen LogP contribution >= 0.6 is 11.8 Å². The first-order valence-electron chi connectivity index (χ1n) is 9.21. The molecule has 4 rings (SSSR count). The molecule has 0 saturated carbocycles. The lowest BCUT2D eigenvalue weighted by Gasteiger charge is -2.08. The van der Waals surface area contributed by atoms with Gasteiger partial charge in [-0.1, -0.05) is 47.7 Å². The van der Waals surface area contributed by atoms with E-state index < -0.39 is 0 Å². The highest BCUT2D eigenvalue weighted by Gasteiger charge is 2.14. The maximum absolute atomic E-state index is 12.9. The number of nitrogens with zero attached hydrogens (tertiary/aromatic N) is 4. The highest BCUT2D eigenvalue weighted by Crippen LogP contribution is 2.18. The lowest BCUT2D eigenvalue weighted by Crippen LogP contribution is -2.20. The summed E-state index contributed by atoms with van der Waals surface area (Å²) in [5, 5.41) is 8.69. The summed E-state index contributed by atoms with van der Waals surface area (Å²) >= 11 is 1.27. The maximum atomic E-state index is 12.9. The van der Waals surface area contributed by atoms with Gasteiger partial charge in [0.05, 0.1) is 5.75 Å². The number of hydrogen-bond acceptors (Lipinski definition) is 5. The summed E-state index contributed by atoms with van der Waals surface area (Å²) in [5.74, 6) is 0.236. The topological polar surface area (TPSA) is 69.3 Å². The number of benzene rings is 2. The summed E-state index contributed by atoms with van der Waals surface area (Å²) in [5.41, 5.74) is 4.82. The maximum Gasteiger partial charge on any atom is 0.300 e. The van der Waals surface area contributed by atoms with E-state index in [2.05, 4.69) is 10.2 Å². The zero-order valence-electron chi connectivity index (χ0n) is 16.4. The fourth-order valence-corrected chi connectivity index (χ4v) is 3.81. The number of thioether (sulfide) groups is 1. The van der Waals surface area contributed by atoms with Crippen molar-refractivity contribution in [1.82, 2.24) is 19.2 Å². The molecule has 0 aliphatic rings. The van der Waals surface area contributed by atoms with E-state index in [0.29, 0.717) is 10.7 Å². The van der Waals surface area contributed by atoms with Crippen LogP contribution in [-0.2, 0) is 0 Å². The summed E-state index contributed by atoms with van der Waals surface area (Å²) in [6.45, 7) is 6.03. The lowest BCUT2D eigenvalue weighted by molar-refractivity contribution is 0.102. The number of fused-ring (bicyclic) bond motifs is 1. The summed E-state index contributed by atoms with van der Waals surface area (Å²) in [6, 6.07) is 13.3. The number of aryl methyl sites for hydroxylation is 3. The van der Waals surface area contributed by atoms with E-state index in [0.717, 1.165) is 16.8 Å². The van der Waals surface area contributed by atoms with Crippen LogP contribution in [0, 0.1) is 20.8 Å². The molecule has 4 aromatic rings. The van der Waals surface area contributed by atoms with Crippen molar-refractivity contribution in [3.8, 4) is 5.69 Å². The van der Waals surface area contributed by atoms with Crippen LogP contribution < -0.4 is 5.56 Å². The second-order valence-corrected chi connectivity index (χ2v) is 7.94. The van der Waals surface area contributed by atoms with E-state index in [1.54, 1.807) is 21.4 Å². The van der Waals surface area contributed by atoms with Gasteiger partial charge in [0, 0.05) is 23.6 Å². The summed E-state index contributed by atoms with van der Waals surface area (Å²) in [4.78, 5) is 25.3. The Hall–Kier alpha value is -3.19. The van der Waals surface area contributed by atoms with Gasteiger partial charge < -0.3 is 0 Å². The van der Waals surface area contributed by atoms with E-state index in [9.17, 15) is 9.59 Å². The molecule has 0 unspecified atom stereocenters. The number of aromatic nitrogens is 4. The van der Waals surface area contributed by atoms with E-state index in [4.69, 9.17) is 0 Å². The molecule has 2 heterocycles. The van der Waals surface area contributed by atoms with Crippen molar-refractivity contribution >= 4 is 23.2 Å². The predicted molar refractivity (Wildman–Crippen MR) is 114 cm³/mol. The van der Waals surface area contributed by atoms with Crippen LogP contribution in [-0.4, -0.2) is 30.7 Å². The molecule has 7 heteroatoms. The third kappa shape index (κ3) is 3.73. The van der Waals surface area contributed by atoms with Crippen molar-refractivity contribution < 1.29 is 4.79 Å². The Labute approximate surface area is 172 Å². The number of hydrogen-bond donors (Lipinski definition) is 0. The third-order valence-corrected chi connectivity index (χ3v) is 5.86. The van der Waals surface area contributed by atoms with Gasteiger partial charge in [0.2, 0.25) is 5.65 Å². The molecule has 146 valence electrons. The average Bonchev–Trinajstić information content (AvgIpc) is 3.13. The molecule has 0 atom stereocenters. The van der Waals surface area contributed by atoms with Gasteiger partial charge >= 0.3 is 5.56 Å². The zero-order valence-corrected chi connectivity index (χ0v) is 17.2. The van der Waals surface area contributed by atoms with Gasteiger partial charge in [0.1, 0.15) is 0 Å². The molecule has 0 fully saturated rings. The SMILES string of the molecule is Cc1ccc(C(=O)CSc2nnc3c(=O)n(-c4ccc(C)c(C)c4)ccn23)cc1. The van der Waals surface area contributed by atoms with Crippen LogP contribution in [0.3, 0.4) is 0 Å². The minimum Gasteiger partial charge on any atom is -0.293 e. The normalized spacial score (nSPS) is 11.1. The summed E-state index contributed by atoms with van der Waals surface area (Å²) < 4.78 is 3.19. The third-order valence-electron chi connectivity index (χ3n) is 4.91. The van der Waals surface area contributed by atoms with Crippen molar-refractivity contribution in [2.45, 2.75) is 25.9 Å². The summed E-state index contributed by atoms with van der Waals surface area (Å²) in [7, 11) is 0. The standard InChI is InChI=1S/C22H20N4O2S/c1-14-4-7-17(8-5-14)19(27)13-29-22-24-23-20-21(28)25(10-11-26(20)22)18-9-6-15(2)16(3)12-18/h4-12H,13H2,1-3H3. The van der Waals surface area contributed by atoms with Crippen LogP contribution in [0.2, 0.25) is 0 Å². The first-order chi connectivity index (χ1) is 13.9. The van der Waals surface area contributed by atoms with Crippen LogP contribution in [0.5, 0.6) is 0 Å². The van der Waals surface area contributed by atoms with Gasteiger partial charge in [0.15, 0.2) is 10.9 Å². The van der Waals surface area contributed by atoms with Gasteiger partial charge in [0.25, 0.3) is 0 Å². The molecule has 6 nitrogen and oxygen atoms in total. The number of rotatable bonds is 5. The average molecular weight is 404 g/mol. The van der Waals surface area contributed by atoms with Crippen molar-refractivity contribution in [2.75, 3.05) is 5.75 Å². The molecule has 0 aliphatic heterocycles. The van der Waals surface area contributed by atoms with Gasteiger partial charge in [-0.3, -0.25) is 18.6 Å². The van der Waals surface area contributed by atoms with Crippen molar-refractivity contribution in [3.63, 3.8) is 0 Å². The Morgan fingerprint density at radius 1 is 0.966 bits per heavy atom. The molecule has 0 saturated heterocycles. The number of carbonyl (C=O) groups excluding carboxylic acids is 1. The van der Waals surface area contributed by atoms with Crippen LogP contribution in [0.1, 0.15) is 27.0 Å². The smallest absolute Gasteiger partial charge is 0.293 e. The molecule has 0 radical (unpaired) electrons. The van der Waals surface area contributed by atoms with Gasteiger partial charge in [-0.25, -0.2) is 0 Å². The van der Waals surface area contributed by atoms with Crippen molar-refractivity contribution in [3.05, 3.63) is 87.5 Å². The molecule has 0 spiro atoms. The van der Waals surface area contributed by atoms with Crippen molar-refractivity contribution in [1.29, 1.82) is 0 Å². The second-order valence-electron chi connectivity index (χ2n) is 7.00. The van der Waals surface area contributed by atoms with Crippen LogP contribution in [0.15, 0.2) is 64.8 Å². The lowest BCUT2D eigenvalue weighted by atomic mass is 10.1. The molecular formula is C22H20N4O2S. The second kappa shape index (κ2) is 7.67. The number of ketones is 1. The number of carbonyl (C=O) groups is 1. The molecule has 0 bridgehead atoms. The quantitative estimate of drug-likeness (QED) is 0.374. The van der Waals surface area contributed by atoms with E-state index >= 15 is 0 Å². The number of Topliss-reactive ketones (excluding diaryl/α,β-unsaturated/α-hetero) is 1. The fourth-order valence-electron chi connectivity index (χ4n) is 3.00. The van der Waals surface area contributed by atoms with E-state index in [1.807, 2.05) is 63.2 Å². The summed E-state index contributed by atoms with van der Waals surface area (Å²) in [6.07, 6.45) is 3.46. The molecule has 0 aliphatic carbocycles. The largest absolute Gasteiger partial charge is 0.300 e. The first kappa shape index (κ1) is 19.1. The molecule has 29 heavy (non-hydrogen) atoms. The van der Waals surface area contributed by atoms with Gasteiger partial charge in [-0.05, 0) is 44.0 Å². The van der Waals surface area contributed by atoms with E-state index in [-0.39, 0.29) is 22.7 Å².